The van der Waals surface area contributed by atoms with E-state index in [-0.39, 0.29) is 0 Å². The fourth-order valence-corrected chi connectivity index (χ4v) is 17.2. The molecule has 16 aromatic carbocycles. The molecule has 12 nitrogen and oxygen atoms in total. The van der Waals surface area contributed by atoms with Crippen molar-refractivity contribution >= 4 is 165 Å². The molecule has 22 aromatic rings. The Morgan fingerprint density at radius 3 is 1.20 bits per heavy atom. The smallest absolute Gasteiger partial charge is 0.238 e. The van der Waals surface area contributed by atoms with Crippen LogP contribution in [0.1, 0.15) is 0 Å². The van der Waals surface area contributed by atoms with Crippen LogP contribution in [0, 0.1) is 0 Å². The van der Waals surface area contributed by atoms with Gasteiger partial charge in [0, 0.05) is 86.9 Å². The summed E-state index contributed by atoms with van der Waals surface area (Å²) in [6, 6.07) is 106. The molecule has 0 amide bonds. The van der Waals surface area contributed by atoms with Crippen LogP contribution in [0.4, 0.5) is 34.6 Å². The second-order valence-corrected chi connectivity index (χ2v) is 27.5. The highest BCUT2D eigenvalue weighted by atomic mass is 16.3. The third-order valence-corrected chi connectivity index (χ3v) is 21.8. The van der Waals surface area contributed by atoms with E-state index in [0.29, 0.717) is 51.9 Å². The molecule has 0 unspecified atom stereocenters. The number of para-hydroxylation sites is 5. The lowest BCUT2D eigenvalue weighted by Crippen LogP contribution is -2.19. The van der Waals surface area contributed by atoms with Gasteiger partial charge < -0.3 is 17.7 Å². The summed E-state index contributed by atoms with van der Waals surface area (Å²) in [6.07, 6.45) is 0. The lowest BCUT2D eigenvalue weighted by molar-refractivity contribution is 0.668. The number of benzene rings is 16. The first-order chi connectivity index (χ1) is 52.5. The largest absolute Gasteiger partial charge is 0.456 e. The predicted octanol–water partition coefficient (Wildman–Crippen LogP) is 25.5. The zero-order valence-electron chi connectivity index (χ0n) is 56.1. The first-order valence-corrected chi connectivity index (χ1v) is 35.5. The van der Waals surface area contributed by atoms with E-state index < -0.39 is 0 Å². The Kier molecular flexibility index (Phi) is 11.6. The van der Waals surface area contributed by atoms with E-state index in [4.69, 9.17) is 47.6 Å². The average molecular weight is 1360 g/mol. The van der Waals surface area contributed by atoms with Gasteiger partial charge in [-0.25, -0.2) is 9.97 Å². The van der Waals surface area contributed by atoms with Crippen LogP contribution >= 0.6 is 0 Å². The van der Waals surface area contributed by atoms with E-state index in [1.807, 2.05) is 91.0 Å². The molecule has 490 valence electrons. The Hall–Kier alpha value is -14.6. The van der Waals surface area contributed by atoms with Gasteiger partial charge in [-0.3, -0.25) is 9.80 Å². The second-order valence-electron chi connectivity index (χ2n) is 27.5. The molecule has 0 atom stereocenters. The normalized spacial score (nSPS) is 12.7. The number of hydrogen-bond donors (Lipinski definition) is 0. The van der Waals surface area contributed by atoms with Gasteiger partial charge in [0.2, 0.25) is 11.9 Å². The molecular weight excluding hydrogens is 1310 g/mol. The van der Waals surface area contributed by atoms with Gasteiger partial charge in [0.25, 0.3) is 0 Å². The van der Waals surface area contributed by atoms with Gasteiger partial charge in [-0.2, -0.15) is 19.9 Å². The zero-order chi connectivity index (χ0) is 69.0. The number of nitrogens with zero attached hydrogens (tertiary/aromatic N) is 8. The van der Waals surface area contributed by atoms with Gasteiger partial charge in [-0.1, -0.05) is 224 Å². The van der Waals surface area contributed by atoms with Crippen molar-refractivity contribution in [3.63, 3.8) is 0 Å². The molecule has 24 rings (SSSR count). The van der Waals surface area contributed by atoms with Crippen molar-refractivity contribution < 1.29 is 17.7 Å². The minimum Gasteiger partial charge on any atom is -0.456 e. The summed E-state index contributed by atoms with van der Waals surface area (Å²) in [7, 11) is 0. The molecule has 0 saturated carbocycles. The van der Waals surface area contributed by atoms with E-state index in [2.05, 4.69) is 222 Å². The molecule has 8 heterocycles. The van der Waals surface area contributed by atoms with E-state index in [1.165, 1.54) is 0 Å². The van der Waals surface area contributed by atoms with Crippen LogP contribution in [0.5, 0.6) is 0 Å². The van der Waals surface area contributed by atoms with Crippen LogP contribution in [-0.4, -0.2) is 29.9 Å². The third-order valence-electron chi connectivity index (χ3n) is 21.8. The first kappa shape index (κ1) is 57.1. The summed E-state index contributed by atoms with van der Waals surface area (Å²) in [5.74, 6) is 2.85. The van der Waals surface area contributed by atoms with Gasteiger partial charge >= 0.3 is 0 Å². The minimum absolute atomic E-state index is 0.443. The third kappa shape index (κ3) is 8.11. The lowest BCUT2D eigenvalue weighted by atomic mass is 9.86. The van der Waals surface area contributed by atoms with E-state index >= 15 is 0 Å². The molecule has 0 saturated heterocycles. The Morgan fingerprint density at radius 1 is 0.208 bits per heavy atom. The van der Waals surface area contributed by atoms with E-state index in [1.54, 1.807) is 0 Å². The van der Waals surface area contributed by atoms with Crippen molar-refractivity contribution in [3.05, 3.63) is 303 Å². The van der Waals surface area contributed by atoms with Crippen LogP contribution in [0.25, 0.3) is 210 Å². The number of aromatic nitrogens is 6. The monoisotopic (exact) mass is 1350 g/mol. The van der Waals surface area contributed by atoms with Gasteiger partial charge in [-0.05, 0) is 123 Å². The lowest BCUT2D eigenvalue weighted by Gasteiger charge is -2.33. The topological polar surface area (TPSA) is 136 Å². The maximum absolute atomic E-state index is 7.08. The maximum Gasteiger partial charge on any atom is 0.238 e. The molecule has 0 N–H and O–H groups in total. The van der Waals surface area contributed by atoms with Crippen LogP contribution < -0.4 is 9.80 Å². The van der Waals surface area contributed by atoms with Crippen LogP contribution in [0.15, 0.2) is 321 Å². The summed E-state index contributed by atoms with van der Waals surface area (Å²) < 4.78 is 27.1. The Bertz CT molecular complexity index is 7520. The van der Waals surface area contributed by atoms with Gasteiger partial charge in [0.05, 0.1) is 33.9 Å². The standard InChI is InChI=1S/C94H50N8O4/c1-3-23-57-51(18-1)42-45-62-61-28-11-20-53-21-12-35-73(81(53)61)101(85(57)62)93-97-89(68-31-16-40-78-83(68)66-27-7-10-39-77(66)103-78)95-90(98-93)69-32-17-41-79-84(69)67-47-44-54(50-80(67)104-79)56-48-55-22-13-36-74-82(55)72(49-56)63-46-43-52-19-2-4-24-58(52)86(63)102(74)94-99-91(70-33-14-29-64-59-25-5-8-37-75(59)105-87(64)70)96-92(100-94)71-34-15-30-65-60-26-6-9-38-76(60)106-88(65)71/h1-50H. The average Bonchev–Trinajstić information content (AvgIpc) is 1.06. The van der Waals surface area contributed by atoms with Crippen LogP contribution in [-0.2, 0) is 0 Å². The molecule has 0 bridgehead atoms. The fraction of sp³-hybridized carbons (Fsp3) is 0. The highest BCUT2D eigenvalue weighted by Crippen LogP contribution is 2.57. The Morgan fingerprint density at radius 2 is 0.613 bits per heavy atom. The number of hydrogen-bond acceptors (Lipinski definition) is 12. The molecule has 106 heavy (non-hydrogen) atoms. The second kappa shape index (κ2) is 21.5. The number of fused-ring (bicyclic) bond motifs is 20. The van der Waals surface area contributed by atoms with E-state index in [9.17, 15) is 0 Å². The molecule has 0 radical (unpaired) electrons. The molecule has 0 spiro atoms. The highest BCUT2D eigenvalue weighted by molar-refractivity contribution is 6.23. The van der Waals surface area contributed by atoms with Gasteiger partial charge in [-0.15, -0.1) is 0 Å². The molecular formula is C94H50N8O4. The van der Waals surface area contributed by atoms with Crippen molar-refractivity contribution in [2.45, 2.75) is 0 Å². The Balaban J connectivity index is 0.692. The summed E-state index contributed by atoms with van der Waals surface area (Å²) in [6.45, 7) is 0. The van der Waals surface area contributed by atoms with Crippen LogP contribution in [0.3, 0.4) is 0 Å². The number of furan rings is 4. The maximum atomic E-state index is 7.08. The summed E-state index contributed by atoms with van der Waals surface area (Å²) in [4.78, 5) is 37.9. The van der Waals surface area contributed by atoms with Crippen LogP contribution in [0.2, 0.25) is 0 Å². The first-order valence-electron chi connectivity index (χ1n) is 35.5. The molecule has 6 aromatic heterocycles. The van der Waals surface area contributed by atoms with E-state index in [0.717, 1.165) is 192 Å². The number of anilines is 6. The zero-order valence-corrected chi connectivity index (χ0v) is 56.1. The molecule has 0 fully saturated rings. The van der Waals surface area contributed by atoms with Crippen molar-refractivity contribution in [2.24, 2.45) is 0 Å². The Labute approximate surface area is 601 Å². The quantitative estimate of drug-likeness (QED) is 0.150. The minimum atomic E-state index is 0.443. The van der Waals surface area contributed by atoms with Crippen molar-refractivity contribution in [3.8, 4) is 78.9 Å². The summed E-state index contributed by atoms with van der Waals surface area (Å²) >= 11 is 0. The molecule has 2 aliphatic heterocycles. The number of rotatable bonds is 7. The van der Waals surface area contributed by atoms with Gasteiger partial charge in [0.15, 0.2) is 23.3 Å². The van der Waals surface area contributed by atoms with Crippen molar-refractivity contribution in [2.75, 3.05) is 9.80 Å². The fourth-order valence-electron chi connectivity index (χ4n) is 17.2. The predicted molar refractivity (Wildman–Crippen MR) is 427 cm³/mol. The summed E-state index contributed by atoms with van der Waals surface area (Å²) in [5.41, 5.74) is 19.2. The van der Waals surface area contributed by atoms with Crippen molar-refractivity contribution in [1.82, 2.24) is 29.9 Å². The molecule has 12 heteroatoms. The molecule has 0 aliphatic carbocycles. The molecule has 2 aliphatic rings. The van der Waals surface area contributed by atoms with Crippen molar-refractivity contribution in [1.29, 1.82) is 0 Å². The van der Waals surface area contributed by atoms with Gasteiger partial charge in [0.1, 0.15) is 44.7 Å². The summed E-state index contributed by atoms with van der Waals surface area (Å²) in [5, 5.41) is 16.3. The highest BCUT2D eigenvalue weighted by Gasteiger charge is 2.35. The SMILES string of the molecule is c1ccc2c3c(ccc2c1)-c1cc(-c2ccc4c(c2)oc2cccc(-c5nc(-c6cccc7oc8ccccc8c67)nc(N6c7c(ccc8ccccc78)-c7cccc8cccc6c78)n5)c24)cc2cccc(c12)N3c1nc(-c2cccc3c2oc2ccccc23)nc(-c2cccc3c2oc2ccccc23)n1.